The van der Waals surface area contributed by atoms with Crippen molar-refractivity contribution in [1.82, 2.24) is 0 Å². The van der Waals surface area contributed by atoms with Crippen LogP contribution in [0.5, 0.6) is 5.75 Å². The molecule has 0 aliphatic carbocycles. The smallest absolute Gasteiger partial charge is 0.184 e. The van der Waals surface area contributed by atoms with Crippen LogP contribution in [0.3, 0.4) is 0 Å². The lowest BCUT2D eigenvalue weighted by atomic mass is 9.92. The van der Waals surface area contributed by atoms with Gasteiger partial charge >= 0.3 is 0 Å². The second kappa shape index (κ2) is 10.0. The zero-order valence-electron chi connectivity index (χ0n) is 17.2. The predicted octanol–water partition coefficient (Wildman–Crippen LogP) is 2.98. The highest BCUT2D eigenvalue weighted by Gasteiger charge is 2.43. The highest BCUT2D eigenvalue weighted by molar-refractivity contribution is 6.31. The van der Waals surface area contributed by atoms with Crippen LogP contribution in [0.1, 0.15) is 28.4 Å². The summed E-state index contributed by atoms with van der Waals surface area (Å²) in [5.74, 6) is 0.762. The molecule has 6 nitrogen and oxygen atoms in total. The number of halogens is 1. The van der Waals surface area contributed by atoms with Gasteiger partial charge in [0, 0.05) is 5.02 Å². The van der Waals surface area contributed by atoms with Gasteiger partial charge in [0.1, 0.15) is 36.8 Å². The Hall–Kier alpha value is -2.45. The van der Waals surface area contributed by atoms with E-state index in [-0.39, 0.29) is 0 Å². The molecule has 1 aliphatic heterocycles. The Morgan fingerprint density at radius 2 is 1.50 bits per heavy atom. The van der Waals surface area contributed by atoms with Crippen molar-refractivity contribution in [3.63, 3.8) is 0 Å². The Morgan fingerprint density at radius 3 is 2.22 bits per heavy atom. The highest BCUT2D eigenvalue weighted by Crippen LogP contribution is 2.34. The maximum absolute atomic E-state index is 10.3. The molecule has 1 unspecified atom stereocenters. The van der Waals surface area contributed by atoms with Crippen molar-refractivity contribution in [2.24, 2.45) is 0 Å². The molecule has 4 rings (SSSR count). The quantitative estimate of drug-likeness (QED) is 0.455. The lowest BCUT2D eigenvalue weighted by molar-refractivity contribution is -0.284. The van der Waals surface area contributed by atoms with E-state index in [2.05, 4.69) is 0 Å². The highest BCUT2D eigenvalue weighted by atomic mass is 35.5. The van der Waals surface area contributed by atoms with E-state index in [0.717, 1.165) is 22.4 Å². The van der Waals surface area contributed by atoms with Gasteiger partial charge in [-0.15, -0.1) is 0 Å². The summed E-state index contributed by atoms with van der Waals surface area (Å²) in [6.07, 6.45) is -6.54. The third kappa shape index (κ3) is 5.13. The fraction of sp³-hybridized carbons (Fsp3) is 0.280. The van der Waals surface area contributed by atoms with E-state index >= 15 is 0 Å². The molecule has 1 fully saturated rings. The molecule has 168 valence electrons. The molecule has 0 bridgehead atoms. The molecule has 0 saturated carbocycles. The maximum Gasteiger partial charge on any atom is 0.184 e. The van der Waals surface area contributed by atoms with Crippen LogP contribution in [0.15, 0.2) is 72.8 Å². The van der Waals surface area contributed by atoms with Gasteiger partial charge in [0.2, 0.25) is 0 Å². The number of hydrogen-bond acceptors (Lipinski definition) is 6. The molecule has 32 heavy (non-hydrogen) atoms. The number of aliphatic hydroxyl groups excluding tert-OH is 4. The van der Waals surface area contributed by atoms with Crippen molar-refractivity contribution in [3.8, 4) is 5.75 Å². The molecule has 1 heterocycles. The van der Waals surface area contributed by atoms with Crippen LogP contribution in [-0.2, 0) is 17.8 Å². The van der Waals surface area contributed by atoms with E-state index in [1.165, 1.54) is 0 Å². The van der Waals surface area contributed by atoms with Gasteiger partial charge in [0.15, 0.2) is 6.29 Å². The standard InChI is InChI=1S/C25H25ClO6/c26-20-11-8-17(24-22(28)21(27)23(29)25(30)32-24)13-18(20)12-15-6-9-19(10-7-15)31-14-16-4-2-1-3-5-16/h1-11,13,21-25,27-30H,12,14H2/t21-,22-,23+,24+,25?/m1/s1. The molecular formula is C25H25ClO6. The molecule has 1 aliphatic rings. The third-order valence-electron chi connectivity index (χ3n) is 5.55. The van der Waals surface area contributed by atoms with Crippen LogP contribution in [0.2, 0.25) is 5.02 Å². The molecule has 1 saturated heterocycles. The second-order valence-electron chi connectivity index (χ2n) is 7.86. The summed E-state index contributed by atoms with van der Waals surface area (Å²) in [5.41, 5.74) is 3.45. The molecule has 0 amide bonds. The zero-order chi connectivity index (χ0) is 22.7. The maximum atomic E-state index is 10.3. The monoisotopic (exact) mass is 456 g/mol. The van der Waals surface area contributed by atoms with E-state index in [4.69, 9.17) is 21.1 Å². The number of hydrogen-bond donors (Lipinski definition) is 4. The normalized spacial score (nSPS) is 25.5. The van der Waals surface area contributed by atoms with Gasteiger partial charge in [-0.05, 0) is 46.9 Å². The lowest BCUT2D eigenvalue weighted by Crippen LogP contribution is -2.54. The van der Waals surface area contributed by atoms with Gasteiger partial charge in [0.05, 0.1) is 0 Å². The molecule has 7 heteroatoms. The number of ether oxygens (including phenoxy) is 2. The first kappa shape index (κ1) is 22.7. The minimum absolute atomic E-state index is 0.490. The molecular weight excluding hydrogens is 432 g/mol. The largest absolute Gasteiger partial charge is 0.489 e. The minimum atomic E-state index is -1.60. The number of benzene rings is 3. The van der Waals surface area contributed by atoms with Crippen molar-refractivity contribution in [1.29, 1.82) is 0 Å². The van der Waals surface area contributed by atoms with Crippen molar-refractivity contribution < 1.29 is 29.9 Å². The van der Waals surface area contributed by atoms with Crippen LogP contribution >= 0.6 is 11.6 Å². The van der Waals surface area contributed by atoms with Gasteiger partial charge in [0.25, 0.3) is 0 Å². The zero-order valence-corrected chi connectivity index (χ0v) is 18.0. The Kier molecular flexibility index (Phi) is 7.10. The summed E-state index contributed by atoms with van der Waals surface area (Å²) < 4.78 is 11.1. The van der Waals surface area contributed by atoms with Gasteiger partial charge in [-0.3, -0.25) is 0 Å². The first-order valence-corrected chi connectivity index (χ1v) is 10.7. The van der Waals surface area contributed by atoms with E-state index in [1.807, 2.05) is 54.6 Å². The second-order valence-corrected chi connectivity index (χ2v) is 8.27. The predicted molar refractivity (Wildman–Crippen MR) is 119 cm³/mol. The molecule has 0 spiro atoms. The van der Waals surface area contributed by atoms with Crippen molar-refractivity contribution >= 4 is 11.6 Å². The SMILES string of the molecule is OC1O[C@@H](c2ccc(Cl)c(Cc3ccc(OCc4ccccc4)cc3)c2)[C@H](O)[C@@H](O)[C@@H]1O. The Balaban J connectivity index is 1.45. The van der Waals surface area contributed by atoms with E-state index in [0.29, 0.717) is 23.6 Å². The van der Waals surface area contributed by atoms with Crippen LogP contribution in [0.25, 0.3) is 0 Å². The molecule has 4 N–H and O–H groups in total. The van der Waals surface area contributed by atoms with Crippen molar-refractivity contribution in [2.45, 2.75) is 43.7 Å². The van der Waals surface area contributed by atoms with Crippen molar-refractivity contribution in [2.75, 3.05) is 0 Å². The Morgan fingerprint density at radius 1 is 0.781 bits per heavy atom. The first-order chi connectivity index (χ1) is 15.4. The lowest BCUT2D eigenvalue weighted by Gasteiger charge is -2.38. The van der Waals surface area contributed by atoms with Crippen LogP contribution < -0.4 is 4.74 Å². The Labute approximate surface area is 191 Å². The van der Waals surface area contributed by atoms with Gasteiger partial charge in [-0.1, -0.05) is 66.2 Å². The van der Waals surface area contributed by atoms with Gasteiger partial charge in [-0.2, -0.15) is 0 Å². The average Bonchev–Trinajstić information content (AvgIpc) is 2.82. The molecule has 3 aromatic carbocycles. The van der Waals surface area contributed by atoms with E-state index < -0.39 is 30.7 Å². The van der Waals surface area contributed by atoms with Gasteiger partial charge in [-0.25, -0.2) is 0 Å². The van der Waals surface area contributed by atoms with E-state index in [9.17, 15) is 20.4 Å². The number of rotatable bonds is 6. The Bertz CT molecular complexity index is 1030. The van der Waals surface area contributed by atoms with Crippen LogP contribution in [-0.4, -0.2) is 45.0 Å². The summed E-state index contributed by atoms with van der Waals surface area (Å²) in [6.45, 7) is 0.490. The van der Waals surface area contributed by atoms with E-state index in [1.54, 1.807) is 18.2 Å². The van der Waals surface area contributed by atoms with Gasteiger partial charge < -0.3 is 29.9 Å². The summed E-state index contributed by atoms with van der Waals surface area (Å²) in [5, 5.41) is 40.3. The summed E-state index contributed by atoms with van der Waals surface area (Å²) >= 11 is 6.38. The molecule has 3 aromatic rings. The van der Waals surface area contributed by atoms with Crippen LogP contribution in [0.4, 0.5) is 0 Å². The van der Waals surface area contributed by atoms with Crippen LogP contribution in [0, 0.1) is 0 Å². The number of aliphatic hydroxyl groups is 4. The summed E-state index contributed by atoms with van der Waals surface area (Å²) in [6, 6.07) is 22.8. The molecule has 0 radical (unpaired) electrons. The summed E-state index contributed by atoms with van der Waals surface area (Å²) in [7, 11) is 0. The molecule has 5 atom stereocenters. The fourth-order valence-electron chi connectivity index (χ4n) is 3.71. The topological polar surface area (TPSA) is 99.4 Å². The van der Waals surface area contributed by atoms with Crippen molar-refractivity contribution in [3.05, 3.63) is 100 Å². The average molecular weight is 457 g/mol. The third-order valence-corrected chi connectivity index (χ3v) is 5.92. The first-order valence-electron chi connectivity index (χ1n) is 10.3. The molecule has 0 aromatic heterocycles. The summed E-state index contributed by atoms with van der Waals surface area (Å²) in [4.78, 5) is 0. The minimum Gasteiger partial charge on any atom is -0.489 e. The fourth-order valence-corrected chi connectivity index (χ4v) is 3.89.